The molecule has 2 amide bonds. The summed E-state index contributed by atoms with van der Waals surface area (Å²) in [6.45, 7) is 9.39. The lowest BCUT2D eigenvalue weighted by Gasteiger charge is -2.35. The molecular weight excluding hydrogens is 366 g/mol. The minimum atomic E-state index is -0.251. The summed E-state index contributed by atoms with van der Waals surface area (Å²) in [4.78, 5) is 27.8. The number of fused-ring (bicyclic) bond motifs is 1. The fourth-order valence-electron chi connectivity index (χ4n) is 4.50. The Labute approximate surface area is 171 Å². The number of rotatable bonds is 3. The van der Waals surface area contributed by atoms with Crippen LogP contribution >= 0.6 is 0 Å². The SMILES string of the molecule is Cc1ccc(C(=O)N2CC(C)CC(C)C2)cc1NC(=O)c1n[nH]c2c1CNCC2. The van der Waals surface area contributed by atoms with E-state index in [1.165, 1.54) is 0 Å². The van der Waals surface area contributed by atoms with Crippen LogP contribution in [0.1, 0.15) is 57.9 Å². The molecule has 2 aromatic rings. The minimum absolute atomic E-state index is 0.0280. The second-order valence-corrected chi connectivity index (χ2v) is 8.60. The van der Waals surface area contributed by atoms with E-state index in [9.17, 15) is 9.59 Å². The summed E-state index contributed by atoms with van der Waals surface area (Å²) in [5.41, 5.74) is 4.54. The summed E-state index contributed by atoms with van der Waals surface area (Å²) in [7, 11) is 0. The van der Waals surface area contributed by atoms with E-state index in [1.807, 2.05) is 24.0 Å². The van der Waals surface area contributed by atoms with E-state index in [1.54, 1.807) is 6.07 Å². The Morgan fingerprint density at radius 1 is 1.21 bits per heavy atom. The monoisotopic (exact) mass is 395 g/mol. The number of amides is 2. The van der Waals surface area contributed by atoms with Crippen LogP contribution in [0.5, 0.6) is 0 Å². The van der Waals surface area contributed by atoms with Gasteiger partial charge in [-0.2, -0.15) is 5.10 Å². The Morgan fingerprint density at radius 3 is 2.72 bits per heavy atom. The van der Waals surface area contributed by atoms with Crippen LogP contribution < -0.4 is 10.6 Å². The van der Waals surface area contributed by atoms with Crippen LogP contribution in [0, 0.1) is 18.8 Å². The predicted octanol–water partition coefficient (Wildman–Crippen LogP) is 2.73. The van der Waals surface area contributed by atoms with Crippen LogP contribution in [0.2, 0.25) is 0 Å². The summed E-state index contributed by atoms with van der Waals surface area (Å²) < 4.78 is 0. The zero-order valence-electron chi connectivity index (χ0n) is 17.3. The maximum absolute atomic E-state index is 13.0. The van der Waals surface area contributed by atoms with Crippen molar-refractivity contribution in [3.05, 3.63) is 46.3 Å². The van der Waals surface area contributed by atoms with Crippen molar-refractivity contribution >= 4 is 17.5 Å². The minimum Gasteiger partial charge on any atom is -0.338 e. The van der Waals surface area contributed by atoms with E-state index in [-0.39, 0.29) is 11.8 Å². The largest absolute Gasteiger partial charge is 0.338 e. The molecule has 2 aliphatic heterocycles. The summed E-state index contributed by atoms with van der Waals surface area (Å²) in [6.07, 6.45) is 1.99. The molecule has 7 nitrogen and oxygen atoms in total. The quantitative estimate of drug-likeness (QED) is 0.745. The van der Waals surface area contributed by atoms with Gasteiger partial charge in [0, 0.05) is 55.1 Å². The number of hydrogen-bond acceptors (Lipinski definition) is 4. The van der Waals surface area contributed by atoms with Crippen LogP contribution in [0.4, 0.5) is 5.69 Å². The van der Waals surface area contributed by atoms with Crippen molar-refractivity contribution in [1.82, 2.24) is 20.4 Å². The molecular formula is C22H29N5O2. The average Bonchev–Trinajstić information content (AvgIpc) is 3.12. The number of hydrogen-bond donors (Lipinski definition) is 3. The molecule has 0 aliphatic carbocycles. The molecule has 2 unspecified atom stereocenters. The van der Waals surface area contributed by atoms with E-state index in [2.05, 4.69) is 34.7 Å². The molecule has 0 bridgehead atoms. The molecule has 1 aromatic carbocycles. The highest BCUT2D eigenvalue weighted by atomic mass is 16.2. The van der Waals surface area contributed by atoms with Gasteiger partial charge in [-0.15, -0.1) is 0 Å². The molecule has 1 saturated heterocycles. The first kappa shape index (κ1) is 19.6. The van der Waals surface area contributed by atoms with Crippen molar-refractivity contribution in [3.8, 4) is 0 Å². The number of benzene rings is 1. The third kappa shape index (κ3) is 4.05. The number of aryl methyl sites for hydroxylation is 1. The highest BCUT2D eigenvalue weighted by molar-refractivity contribution is 6.05. The second-order valence-electron chi connectivity index (χ2n) is 8.60. The fraction of sp³-hybridized carbons (Fsp3) is 0.500. The van der Waals surface area contributed by atoms with Crippen LogP contribution in [0.3, 0.4) is 0 Å². The highest BCUT2D eigenvalue weighted by Crippen LogP contribution is 2.25. The Balaban J connectivity index is 1.53. The molecule has 7 heteroatoms. The topological polar surface area (TPSA) is 90.1 Å². The maximum Gasteiger partial charge on any atom is 0.276 e. The van der Waals surface area contributed by atoms with Gasteiger partial charge in [0.2, 0.25) is 0 Å². The van der Waals surface area contributed by atoms with Crippen molar-refractivity contribution in [2.24, 2.45) is 11.8 Å². The van der Waals surface area contributed by atoms with Gasteiger partial charge in [-0.05, 0) is 42.9 Å². The van der Waals surface area contributed by atoms with Gasteiger partial charge >= 0.3 is 0 Å². The number of anilines is 1. The smallest absolute Gasteiger partial charge is 0.276 e. The first-order chi connectivity index (χ1) is 13.9. The lowest BCUT2D eigenvalue weighted by Crippen LogP contribution is -2.42. The van der Waals surface area contributed by atoms with Crippen LogP contribution in [0.15, 0.2) is 18.2 Å². The summed E-state index contributed by atoms with van der Waals surface area (Å²) >= 11 is 0. The third-order valence-corrected chi connectivity index (χ3v) is 5.91. The van der Waals surface area contributed by atoms with Crippen molar-refractivity contribution < 1.29 is 9.59 Å². The van der Waals surface area contributed by atoms with Crippen LogP contribution in [0.25, 0.3) is 0 Å². The second kappa shape index (κ2) is 7.99. The number of piperidine rings is 1. The molecule has 0 saturated carbocycles. The Morgan fingerprint density at radius 2 is 1.97 bits per heavy atom. The number of aromatic amines is 1. The Bertz CT molecular complexity index is 925. The average molecular weight is 396 g/mol. The van der Waals surface area contributed by atoms with E-state index in [0.717, 1.165) is 49.3 Å². The van der Waals surface area contributed by atoms with Crippen molar-refractivity contribution in [2.75, 3.05) is 25.0 Å². The number of aromatic nitrogens is 2. The predicted molar refractivity (Wildman–Crippen MR) is 112 cm³/mol. The first-order valence-electron chi connectivity index (χ1n) is 10.4. The van der Waals surface area contributed by atoms with E-state index < -0.39 is 0 Å². The van der Waals surface area contributed by atoms with Gasteiger partial charge < -0.3 is 15.5 Å². The van der Waals surface area contributed by atoms with Gasteiger partial charge in [-0.25, -0.2) is 0 Å². The van der Waals surface area contributed by atoms with Crippen LogP contribution in [-0.2, 0) is 13.0 Å². The zero-order chi connectivity index (χ0) is 20.5. The molecule has 4 rings (SSSR count). The molecule has 2 atom stereocenters. The normalized spacial score (nSPS) is 21.6. The van der Waals surface area contributed by atoms with Gasteiger partial charge in [0.05, 0.1) is 0 Å². The van der Waals surface area contributed by atoms with Gasteiger partial charge in [0.25, 0.3) is 11.8 Å². The molecule has 0 spiro atoms. The van der Waals surface area contributed by atoms with Crippen molar-refractivity contribution in [1.29, 1.82) is 0 Å². The van der Waals surface area contributed by atoms with E-state index >= 15 is 0 Å². The summed E-state index contributed by atoms with van der Waals surface area (Å²) in [5.74, 6) is 0.790. The van der Waals surface area contributed by atoms with Crippen molar-refractivity contribution in [2.45, 2.75) is 40.2 Å². The fourth-order valence-corrected chi connectivity index (χ4v) is 4.50. The summed E-state index contributed by atoms with van der Waals surface area (Å²) in [5, 5.41) is 13.4. The molecule has 29 heavy (non-hydrogen) atoms. The molecule has 1 aromatic heterocycles. The standard InChI is InChI=1S/C22H29N5O2/c1-13-8-14(2)12-27(11-13)22(29)16-5-4-15(3)19(9-16)24-21(28)20-17-10-23-7-6-18(17)25-26-20/h4-5,9,13-14,23H,6-8,10-12H2,1-3H3,(H,24,28)(H,25,26). The maximum atomic E-state index is 13.0. The van der Waals surface area contributed by atoms with E-state index in [0.29, 0.717) is 35.3 Å². The molecule has 0 radical (unpaired) electrons. The zero-order valence-corrected chi connectivity index (χ0v) is 17.3. The number of nitrogens with one attached hydrogen (secondary N) is 3. The van der Waals surface area contributed by atoms with Gasteiger partial charge in [0.15, 0.2) is 5.69 Å². The molecule has 154 valence electrons. The Hall–Kier alpha value is -2.67. The molecule has 1 fully saturated rings. The number of H-pyrrole nitrogens is 1. The number of nitrogens with zero attached hydrogens (tertiary/aromatic N) is 2. The molecule has 3 heterocycles. The van der Waals surface area contributed by atoms with Gasteiger partial charge in [0.1, 0.15) is 0 Å². The molecule has 3 N–H and O–H groups in total. The highest BCUT2D eigenvalue weighted by Gasteiger charge is 2.27. The Kier molecular flexibility index (Phi) is 5.41. The van der Waals surface area contributed by atoms with Gasteiger partial charge in [-0.3, -0.25) is 14.7 Å². The van der Waals surface area contributed by atoms with Crippen molar-refractivity contribution in [3.63, 3.8) is 0 Å². The summed E-state index contributed by atoms with van der Waals surface area (Å²) in [6, 6.07) is 5.52. The number of carbonyl (C=O) groups excluding carboxylic acids is 2. The lowest BCUT2D eigenvalue weighted by atomic mass is 9.91. The third-order valence-electron chi connectivity index (χ3n) is 5.91. The van der Waals surface area contributed by atoms with Crippen LogP contribution in [-0.4, -0.2) is 46.5 Å². The first-order valence-corrected chi connectivity index (χ1v) is 10.4. The molecule has 2 aliphatic rings. The number of likely N-dealkylation sites (tertiary alicyclic amines) is 1. The van der Waals surface area contributed by atoms with Gasteiger partial charge in [-0.1, -0.05) is 19.9 Å². The van der Waals surface area contributed by atoms with E-state index in [4.69, 9.17) is 0 Å². The lowest BCUT2D eigenvalue weighted by molar-refractivity contribution is 0.0623. The number of carbonyl (C=O) groups is 2.